The highest BCUT2D eigenvalue weighted by Gasteiger charge is 2.18. The highest BCUT2D eigenvalue weighted by molar-refractivity contribution is 9.10. The van der Waals surface area contributed by atoms with Gasteiger partial charge in [-0.25, -0.2) is 4.98 Å². The fourth-order valence-corrected chi connectivity index (χ4v) is 2.93. The van der Waals surface area contributed by atoms with Crippen molar-refractivity contribution < 1.29 is 4.79 Å². The largest absolute Gasteiger partial charge is 0.274 e. The Hall–Kier alpha value is -1.95. The highest BCUT2D eigenvalue weighted by atomic mass is 79.9. The van der Waals surface area contributed by atoms with Crippen molar-refractivity contribution in [1.82, 2.24) is 19.3 Å². The molecule has 0 fully saturated rings. The summed E-state index contributed by atoms with van der Waals surface area (Å²) in [5, 5.41) is 4.50. The molecule has 0 aliphatic carbocycles. The van der Waals surface area contributed by atoms with E-state index >= 15 is 0 Å². The summed E-state index contributed by atoms with van der Waals surface area (Å²) in [7, 11) is 0. The van der Waals surface area contributed by atoms with Crippen LogP contribution in [0.2, 0.25) is 0 Å². The molecule has 114 valence electrons. The lowest BCUT2D eigenvalue weighted by Gasteiger charge is -2.14. The van der Waals surface area contributed by atoms with Crippen LogP contribution in [0.4, 0.5) is 0 Å². The molecule has 3 aromatic rings. The van der Waals surface area contributed by atoms with Gasteiger partial charge in [0.25, 0.3) is 0 Å². The van der Waals surface area contributed by atoms with Crippen LogP contribution in [0.5, 0.6) is 0 Å². The Labute approximate surface area is 137 Å². The van der Waals surface area contributed by atoms with E-state index in [0.717, 1.165) is 26.9 Å². The zero-order valence-electron chi connectivity index (χ0n) is 12.7. The van der Waals surface area contributed by atoms with Crippen LogP contribution >= 0.6 is 15.9 Å². The number of hydrogen-bond acceptors (Lipinski definition) is 3. The Balaban J connectivity index is 1.86. The predicted molar refractivity (Wildman–Crippen MR) is 89.1 cm³/mol. The summed E-state index contributed by atoms with van der Waals surface area (Å²) in [5.41, 5.74) is 3.64. The SMILES string of the molecule is Cc1nn(C(C)CC(=O)n2cnc3ccccc32)c(C)c1Br. The first-order valence-electron chi connectivity index (χ1n) is 7.15. The number of carbonyl (C=O) groups excluding carboxylic acids is 1. The lowest BCUT2D eigenvalue weighted by atomic mass is 10.2. The molecule has 6 heteroatoms. The predicted octanol–water partition coefficient (Wildman–Crippen LogP) is 3.90. The zero-order valence-corrected chi connectivity index (χ0v) is 14.3. The third-order valence-electron chi connectivity index (χ3n) is 3.85. The number of halogens is 1. The third-order valence-corrected chi connectivity index (χ3v) is 4.99. The van der Waals surface area contributed by atoms with Gasteiger partial charge in [-0.1, -0.05) is 12.1 Å². The second kappa shape index (κ2) is 5.68. The van der Waals surface area contributed by atoms with E-state index in [1.807, 2.05) is 49.7 Å². The van der Waals surface area contributed by atoms with Gasteiger partial charge in [-0.2, -0.15) is 5.10 Å². The van der Waals surface area contributed by atoms with Crippen molar-refractivity contribution in [2.45, 2.75) is 33.2 Å². The number of rotatable bonds is 3. The lowest BCUT2D eigenvalue weighted by Crippen LogP contribution is -2.17. The number of fused-ring (bicyclic) bond motifs is 1. The number of hydrogen-bond donors (Lipinski definition) is 0. The molecule has 22 heavy (non-hydrogen) atoms. The van der Waals surface area contributed by atoms with E-state index in [-0.39, 0.29) is 11.9 Å². The minimum Gasteiger partial charge on any atom is -0.274 e. The summed E-state index contributed by atoms with van der Waals surface area (Å²) in [6, 6.07) is 7.62. The van der Waals surface area contributed by atoms with Crippen molar-refractivity contribution in [2.24, 2.45) is 0 Å². The van der Waals surface area contributed by atoms with E-state index in [1.54, 1.807) is 10.9 Å². The van der Waals surface area contributed by atoms with Gasteiger partial charge in [-0.15, -0.1) is 0 Å². The van der Waals surface area contributed by atoms with Crippen LogP contribution < -0.4 is 0 Å². The van der Waals surface area contributed by atoms with Gasteiger partial charge in [0.05, 0.1) is 32.9 Å². The number of aromatic nitrogens is 4. The van der Waals surface area contributed by atoms with E-state index in [1.165, 1.54) is 0 Å². The first kappa shape index (κ1) is 15.0. The smallest absolute Gasteiger partial charge is 0.234 e. The fourth-order valence-electron chi connectivity index (χ4n) is 2.67. The maximum absolute atomic E-state index is 12.6. The van der Waals surface area contributed by atoms with Crippen LogP contribution in [0.15, 0.2) is 35.1 Å². The minimum atomic E-state index is -0.0151. The van der Waals surface area contributed by atoms with Gasteiger partial charge in [0.15, 0.2) is 0 Å². The molecule has 0 aliphatic rings. The summed E-state index contributed by atoms with van der Waals surface area (Å²) >= 11 is 3.52. The number of para-hydroxylation sites is 2. The molecule has 0 saturated carbocycles. The molecule has 0 N–H and O–H groups in total. The van der Waals surface area contributed by atoms with Crippen molar-refractivity contribution in [3.63, 3.8) is 0 Å². The summed E-state index contributed by atoms with van der Waals surface area (Å²) in [6.07, 6.45) is 1.96. The first-order valence-corrected chi connectivity index (χ1v) is 7.95. The summed E-state index contributed by atoms with van der Waals surface area (Å²) in [4.78, 5) is 16.8. The Bertz CT molecular complexity index is 849. The molecule has 0 radical (unpaired) electrons. The number of carbonyl (C=O) groups is 1. The number of nitrogens with zero attached hydrogens (tertiary/aromatic N) is 4. The van der Waals surface area contributed by atoms with E-state index in [4.69, 9.17) is 0 Å². The van der Waals surface area contributed by atoms with Gasteiger partial charge in [-0.3, -0.25) is 14.0 Å². The Morgan fingerprint density at radius 1 is 1.32 bits per heavy atom. The second-order valence-corrected chi connectivity index (χ2v) is 6.27. The highest BCUT2D eigenvalue weighted by Crippen LogP contribution is 2.24. The molecule has 5 nitrogen and oxygen atoms in total. The topological polar surface area (TPSA) is 52.7 Å². The van der Waals surface area contributed by atoms with Crippen LogP contribution in [-0.4, -0.2) is 25.2 Å². The maximum Gasteiger partial charge on any atom is 0.234 e. The van der Waals surface area contributed by atoms with Crippen LogP contribution in [0.3, 0.4) is 0 Å². The van der Waals surface area contributed by atoms with Crippen LogP contribution in [-0.2, 0) is 0 Å². The molecule has 1 atom stereocenters. The van der Waals surface area contributed by atoms with E-state index in [0.29, 0.717) is 6.42 Å². The molecule has 0 amide bonds. The Morgan fingerprint density at radius 3 is 2.73 bits per heavy atom. The average molecular weight is 361 g/mol. The molecule has 1 aromatic carbocycles. The molecule has 0 aliphatic heterocycles. The third kappa shape index (κ3) is 2.47. The molecule has 3 rings (SSSR count). The second-order valence-electron chi connectivity index (χ2n) is 5.48. The van der Waals surface area contributed by atoms with Crippen molar-refractivity contribution in [2.75, 3.05) is 0 Å². The number of imidazole rings is 1. The van der Waals surface area contributed by atoms with Crippen molar-refractivity contribution >= 4 is 32.9 Å². The Morgan fingerprint density at radius 2 is 2.05 bits per heavy atom. The standard InChI is InChI=1S/C16H17BrN4O/c1-10(21-12(3)16(17)11(2)19-21)8-15(22)20-9-18-13-6-4-5-7-14(13)20/h4-7,9-10H,8H2,1-3H3. The molecular weight excluding hydrogens is 344 g/mol. The zero-order chi connectivity index (χ0) is 15.9. The molecule has 0 saturated heterocycles. The van der Waals surface area contributed by atoms with Gasteiger partial charge in [0, 0.05) is 6.42 Å². The Kier molecular flexibility index (Phi) is 3.87. The summed E-state index contributed by atoms with van der Waals surface area (Å²) in [5.74, 6) is 0.0184. The van der Waals surface area contributed by atoms with Crippen LogP contribution in [0.25, 0.3) is 11.0 Å². The van der Waals surface area contributed by atoms with Crippen LogP contribution in [0, 0.1) is 13.8 Å². The molecule has 0 bridgehead atoms. The van der Waals surface area contributed by atoms with Gasteiger partial charge in [0.2, 0.25) is 5.91 Å². The quantitative estimate of drug-likeness (QED) is 0.711. The lowest BCUT2D eigenvalue weighted by molar-refractivity contribution is 0.0887. The van der Waals surface area contributed by atoms with E-state index in [9.17, 15) is 4.79 Å². The van der Waals surface area contributed by atoms with Crippen molar-refractivity contribution in [1.29, 1.82) is 0 Å². The van der Waals surface area contributed by atoms with Crippen LogP contribution in [0.1, 0.15) is 35.6 Å². The van der Waals surface area contributed by atoms with Gasteiger partial charge in [0.1, 0.15) is 6.33 Å². The molecular formula is C16H17BrN4O. The molecule has 2 heterocycles. The molecule has 1 unspecified atom stereocenters. The van der Waals surface area contributed by atoms with Gasteiger partial charge in [-0.05, 0) is 48.8 Å². The van der Waals surface area contributed by atoms with Gasteiger partial charge < -0.3 is 0 Å². The fraction of sp³-hybridized carbons (Fsp3) is 0.312. The number of benzene rings is 1. The number of aryl methyl sites for hydroxylation is 1. The van der Waals surface area contributed by atoms with Crippen molar-refractivity contribution in [3.8, 4) is 0 Å². The monoisotopic (exact) mass is 360 g/mol. The first-order chi connectivity index (χ1) is 10.5. The van der Waals surface area contributed by atoms with Crippen molar-refractivity contribution in [3.05, 3.63) is 46.5 Å². The summed E-state index contributed by atoms with van der Waals surface area (Å²) in [6.45, 7) is 5.95. The molecule has 0 spiro atoms. The minimum absolute atomic E-state index is 0.0151. The van der Waals surface area contributed by atoms with E-state index in [2.05, 4.69) is 26.0 Å². The van der Waals surface area contributed by atoms with E-state index < -0.39 is 0 Å². The average Bonchev–Trinajstić information content (AvgIpc) is 3.04. The van der Waals surface area contributed by atoms with Gasteiger partial charge >= 0.3 is 0 Å². The summed E-state index contributed by atoms with van der Waals surface area (Å²) < 4.78 is 4.52. The molecule has 2 aromatic heterocycles. The normalized spacial score (nSPS) is 12.7. The maximum atomic E-state index is 12.6.